The topological polar surface area (TPSA) is 140 Å². The average Bonchev–Trinajstić information content (AvgIpc) is 3.48. The van der Waals surface area contributed by atoms with Crippen LogP contribution in [0.5, 0.6) is 0 Å². The Labute approximate surface area is 237 Å². The van der Waals surface area contributed by atoms with Crippen LogP contribution in [-0.4, -0.2) is 86.1 Å². The summed E-state index contributed by atoms with van der Waals surface area (Å²) >= 11 is 0. The molecule has 11 nitrogen and oxygen atoms in total. The van der Waals surface area contributed by atoms with Crippen molar-refractivity contribution >= 4 is 45.1 Å². The minimum absolute atomic E-state index is 0.189. The molecule has 2 saturated heterocycles. The summed E-state index contributed by atoms with van der Waals surface area (Å²) in [5.41, 5.74) is -0.520. The Morgan fingerprint density at radius 2 is 2.02 bits per heavy atom. The number of carbonyl (C=O) groups is 2. The van der Waals surface area contributed by atoms with Crippen LogP contribution in [0.4, 0.5) is 5.69 Å². The van der Waals surface area contributed by atoms with Gasteiger partial charge in [0.25, 0.3) is 10.0 Å². The average molecular weight is 581 g/mol. The van der Waals surface area contributed by atoms with Crippen LogP contribution in [0.3, 0.4) is 0 Å². The second-order valence-corrected chi connectivity index (χ2v) is 14.1. The van der Waals surface area contributed by atoms with Gasteiger partial charge < -0.3 is 24.2 Å². The second kappa shape index (κ2) is 8.15. The quantitative estimate of drug-likeness (QED) is 0.308. The van der Waals surface area contributed by atoms with Gasteiger partial charge in [0.2, 0.25) is 5.91 Å². The van der Waals surface area contributed by atoms with Crippen LogP contribution >= 0.6 is 0 Å². The fraction of sp³-hybridized carbons (Fsp3) is 0.483. The molecule has 216 valence electrons. The maximum atomic E-state index is 14.2. The van der Waals surface area contributed by atoms with Gasteiger partial charge in [-0.3, -0.25) is 19.0 Å². The molecule has 12 heteroatoms. The molecule has 1 N–H and O–H groups in total. The van der Waals surface area contributed by atoms with Crippen molar-refractivity contribution in [3.8, 4) is 0 Å². The van der Waals surface area contributed by atoms with Crippen molar-refractivity contribution in [2.45, 2.75) is 50.5 Å². The van der Waals surface area contributed by atoms with E-state index in [1.165, 1.54) is 18.2 Å². The number of hydrogen-bond donors (Lipinski definition) is 1. The van der Waals surface area contributed by atoms with Gasteiger partial charge in [0, 0.05) is 22.4 Å². The summed E-state index contributed by atoms with van der Waals surface area (Å²) < 4.78 is 36.1. The monoisotopic (exact) mass is 580 g/mol. The molecule has 2 fully saturated rings. The Bertz CT molecular complexity index is 1730. The van der Waals surface area contributed by atoms with Crippen molar-refractivity contribution in [1.29, 1.82) is 0 Å². The summed E-state index contributed by atoms with van der Waals surface area (Å²) in [5, 5.41) is 24.6. The van der Waals surface area contributed by atoms with Gasteiger partial charge in [0.1, 0.15) is 31.6 Å². The van der Waals surface area contributed by atoms with Gasteiger partial charge in [-0.2, -0.15) is 0 Å². The number of carbonyl (C=O) groups excluding carboxylic acids is 2. The van der Waals surface area contributed by atoms with Gasteiger partial charge in [-0.05, 0) is 43.7 Å². The predicted octanol–water partition coefficient (Wildman–Crippen LogP) is 0.489. The summed E-state index contributed by atoms with van der Waals surface area (Å²) in [6, 6.07) is 7.32. The molecule has 0 unspecified atom stereocenters. The summed E-state index contributed by atoms with van der Waals surface area (Å²) in [6.45, 7) is 12.7. The largest absolute Gasteiger partial charge is 0.543 e. The first-order valence-corrected chi connectivity index (χ1v) is 15.3. The summed E-state index contributed by atoms with van der Waals surface area (Å²) in [5.74, 6) is -2.98. The first-order chi connectivity index (χ1) is 19.4. The number of morpholine rings is 1. The SMILES string of the molecule is C=N[C@]12[C@@H](C)C(CN3c4cccc5c6c(cc(c45)S3(=O)=O)C[N+]3(CCOCC3)C6)=C(C(=O)[O-])N1C(=O)[C@]2(C)[C@@H](C)O. The number of nitrogens with zero attached hydrogens (tertiary/aromatic N) is 4. The number of ether oxygens (including phenoxy) is 1. The molecule has 5 aliphatic rings. The lowest BCUT2D eigenvalue weighted by Crippen LogP contribution is -2.79. The Kier molecular flexibility index (Phi) is 5.28. The van der Waals surface area contributed by atoms with Crippen LogP contribution in [0.15, 0.2) is 45.4 Å². The Hall–Kier alpha value is -3.32. The minimum atomic E-state index is -4.07. The van der Waals surface area contributed by atoms with Crippen LogP contribution in [0, 0.1) is 11.3 Å². The van der Waals surface area contributed by atoms with Gasteiger partial charge in [-0.25, -0.2) is 8.42 Å². The third-order valence-corrected chi connectivity index (χ3v) is 12.3. The van der Waals surface area contributed by atoms with Gasteiger partial charge >= 0.3 is 0 Å². The molecule has 0 radical (unpaired) electrons. The van der Waals surface area contributed by atoms with Crippen LogP contribution < -0.4 is 9.41 Å². The molecular weight excluding hydrogens is 548 g/mol. The number of amides is 1. The minimum Gasteiger partial charge on any atom is -0.543 e. The van der Waals surface area contributed by atoms with Gasteiger partial charge in [0.15, 0.2) is 5.66 Å². The number of quaternary nitrogens is 1. The molecule has 5 aliphatic heterocycles. The highest BCUT2D eigenvalue weighted by molar-refractivity contribution is 7.93. The lowest BCUT2D eigenvalue weighted by atomic mass is 9.60. The number of aliphatic carboxylic acids is 1. The number of aliphatic hydroxyl groups excluding tert-OH is 1. The Morgan fingerprint density at radius 1 is 1.32 bits per heavy atom. The number of carboxylic acids is 1. The number of sulfonamides is 1. The van der Waals surface area contributed by atoms with E-state index in [0.717, 1.165) is 52.1 Å². The molecule has 5 heterocycles. The molecule has 0 aromatic heterocycles. The highest BCUT2D eigenvalue weighted by atomic mass is 32.2. The van der Waals surface area contributed by atoms with E-state index in [2.05, 4.69) is 11.7 Å². The summed E-state index contributed by atoms with van der Waals surface area (Å²) in [7, 11) is -4.07. The normalized spacial score (nSPS) is 31.4. The zero-order chi connectivity index (χ0) is 29.3. The number of aliphatic hydroxyl groups is 1. The number of β-lactam (4-membered cyclic amide) rings is 1. The van der Waals surface area contributed by atoms with Gasteiger partial charge in [-0.15, -0.1) is 0 Å². The van der Waals surface area contributed by atoms with E-state index in [9.17, 15) is 28.2 Å². The molecule has 2 aromatic rings. The third kappa shape index (κ3) is 2.93. The summed E-state index contributed by atoms with van der Waals surface area (Å²) in [6.07, 6.45) is -1.16. The van der Waals surface area contributed by atoms with E-state index < -0.39 is 50.7 Å². The molecule has 4 atom stereocenters. The Balaban J connectivity index is 1.35. The fourth-order valence-electron chi connectivity index (χ4n) is 8.18. The van der Waals surface area contributed by atoms with E-state index in [1.807, 2.05) is 12.1 Å². The van der Waals surface area contributed by atoms with Crippen molar-refractivity contribution in [2.24, 2.45) is 16.3 Å². The summed E-state index contributed by atoms with van der Waals surface area (Å²) in [4.78, 5) is 31.3. The van der Waals surface area contributed by atoms with Crippen LogP contribution in [0.1, 0.15) is 31.9 Å². The van der Waals surface area contributed by atoms with Crippen molar-refractivity contribution in [1.82, 2.24) is 4.90 Å². The number of anilines is 1. The molecular formula is C29H32N4O7S. The second-order valence-electron chi connectivity index (χ2n) is 12.2. The van der Waals surface area contributed by atoms with E-state index in [0.29, 0.717) is 24.3 Å². The smallest absolute Gasteiger partial charge is 0.265 e. The number of benzene rings is 2. The lowest BCUT2D eigenvalue weighted by Gasteiger charge is -2.61. The van der Waals surface area contributed by atoms with Crippen LogP contribution in [0.2, 0.25) is 0 Å². The van der Waals surface area contributed by atoms with E-state index >= 15 is 0 Å². The molecule has 1 spiro atoms. The molecule has 0 bridgehead atoms. The molecule has 7 rings (SSSR count). The first-order valence-electron chi connectivity index (χ1n) is 13.8. The lowest BCUT2D eigenvalue weighted by molar-refractivity contribution is -0.953. The zero-order valence-corrected chi connectivity index (χ0v) is 24.0. The van der Waals surface area contributed by atoms with Crippen LogP contribution in [0.25, 0.3) is 10.8 Å². The first kappa shape index (κ1) is 26.6. The van der Waals surface area contributed by atoms with Crippen LogP contribution in [-0.2, 0) is 37.4 Å². The van der Waals surface area contributed by atoms with E-state index in [-0.39, 0.29) is 17.0 Å². The molecule has 41 heavy (non-hydrogen) atoms. The maximum absolute atomic E-state index is 14.2. The van der Waals surface area contributed by atoms with Crippen molar-refractivity contribution in [2.75, 3.05) is 37.2 Å². The number of fused-ring (bicyclic) bond motifs is 3. The molecule has 2 aromatic carbocycles. The number of carboxylic acid groups (broad SMARTS) is 1. The Morgan fingerprint density at radius 3 is 2.66 bits per heavy atom. The predicted molar refractivity (Wildman–Crippen MR) is 147 cm³/mol. The van der Waals surface area contributed by atoms with E-state index in [4.69, 9.17) is 4.74 Å². The van der Waals surface area contributed by atoms with Crippen molar-refractivity contribution in [3.63, 3.8) is 0 Å². The van der Waals surface area contributed by atoms with Gasteiger partial charge in [0.05, 0.1) is 48.1 Å². The van der Waals surface area contributed by atoms with E-state index in [1.54, 1.807) is 19.1 Å². The molecule has 1 amide bonds. The maximum Gasteiger partial charge on any atom is 0.265 e. The fourth-order valence-corrected chi connectivity index (χ4v) is 9.90. The number of rotatable bonds is 5. The standard InChI is InChI=1S/C29H32N4O7S/c1-16-20(25(26(35)36)32-27(37)28(3,17(2)34)29(16,32)30-4)13-31-22-7-5-6-19-21-15-33(8-10-40-11-9-33)14-18(21)12-23(24(19)22)41(31,38)39/h5-7,12,16-17,34H,4,8-11,13-15H2,1-3H3/t16-,17+,28-,29+/m0/s1. The zero-order valence-electron chi connectivity index (χ0n) is 23.2. The van der Waals surface area contributed by atoms with Crippen molar-refractivity contribution < 1.29 is 37.4 Å². The number of aliphatic imine (C=N–C) groups is 1. The number of hydrogen-bond acceptors (Lipinski definition) is 8. The molecule has 0 aliphatic carbocycles. The molecule has 0 saturated carbocycles. The highest BCUT2D eigenvalue weighted by Crippen LogP contribution is 2.63. The third-order valence-electron chi connectivity index (χ3n) is 10.6. The highest BCUT2D eigenvalue weighted by Gasteiger charge is 2.77. The van der Waals surface area contributed by atoms with Crippen molar-refractivity contribution in [3.05, 3.63) is 46.7 Å². The van der Waals surface area contributed by atoms with Gasteiger partial charge in [-0.1, -0.05) is 19.1 Å².